The second-order valence-electron chi connectivity index (χ2n) is 4.81. The lowest BCUT2D eigenvalue weighted by Crippen LogP contribution is -2.11. The van der Waals surface area contributed by atoms with Gasteiger partial charge in [-0.2, -0.15) is 0 Å². The van der Waals surface area contributed by atoms with Gasteiger partial charge in [-0.05, 0) is 66.6 Å². The van der Waals surface area contributed by atoms with Crippen molar-refractivity contribution in [1.29, 1.82) is 0 Å². The number of rotatable bonds is 2. The molecule has 0 spiro atoms. The monoisotopic (exact) mass is 442 g/mol. The summed E-state index contributed by atoms with van der Waals surface area (Å²) in [6.07, 6.45) is 1.11. The smallest absolute Gasteiger partial charge is 0.0362 e. The number of fused-ring (bicyclic) bond motifs is 3. The lowest BCUT2D eigenvalue weighted by Gasteiger charge is -2.20. The summed E-state index contributed by atoms with van der Waals surface area (Å²) in [6, 6.07) is 13.1. The van der Waals surface area contributed by atoms with E-state index in [0.29, 0.717) is 10.7 Å². The quantitative estimate of drug-likeness (QED) is 0.464. The Morgan fingerprint density at radius 3 is 2.53 bits per heavy atom. The number of hydrogen-bond donors (Lipinski definition) is 0. The molecule has 2 unspecified atom stereocenters. The molecule has 3 rings (SSSR count). The Balaban J connectivity index is 2.31. The van der Waals surface area contributed by atoms with Gasteiger partial charge in [-0.3, -0.25) is 0 Å². The predicted molar refractivity (Wildman–Crippen MR) is 92.1 cm³/mol. The van der Waals surface area contributed by atoms with Crippen molar-refractivity contribution >= 4 is 47.8 Å². The standard InChI is InChI=1S/C16H13Br3/c1-2-12(17)14-10-6-4-3-5-9(10)11-7-8-13(18)16(19)15(11)14/h3-8,12,14H,2H2,1H3. The molecule has 0 saturated carbocycles. The zero-order valence-electron chi connectivity index (χ0n) is 10.5. The number of alkyl halides is 1. The molecule has 1 aliphatic carbocycles. The van der Waals surface area contributed by atoms with Crippen LogP contribution >= 0.6 is 47.8 Å². The molecule has 19 heavy (non-hydrogen) atoms. The van der Waals surface area contributed by atoms with Crippen LogP contribution in [0.3, 0.4) is 0 Å². The van der Waals surface area contributed by atoms with E-state index in [2.05, 4.69) is 91.1 Å². The third kappa shape index (κ3) is 2.14. The SMILES string of the molecule is CCC(Br)C1c2ccccc2-c2ccc(Br)c(Br)c21. The van der Waals surface area contributed by atoms with Gasteiger partial charge in [0, 0.05) is 19.7 Å². The molecule has 98 valence electrons. The van der Waals surface area contributed by atoms with Crippen molar-refractivity contribution in [3.05, 3.63) is 56.5 Å². The fourth-order valence-electron chi connectivity index (χ4n) is 2.89. The van der Waals surface area contributed by atoms with Gasteiger partial charge in [0.05, 0.1) is 0 Å². The van der Waals surface area contributed by atoms with Crippen LogP contribution in [0.5, 0.6) is 0 Å². The zero-order valence-corrected chi connectivity index (χ0v) is 15.2. The van der Waals surface area contributed by atoms with E-state index in [-0.39, 0.29) is 0 Å². The number of halogens is 3. The van der Waals surface area contributed by atoms with Gasteiger partial charge in [-0.15, -0.1) is 0 Å². The highest BCUT2D eigenvalue weighted by molar-refractivity contribution is 9.13. The molecule has 0 aromatic heterocycles. The molecule has 0 nitrogen and oxygen atoms in total. The Morgan fingerprint density at radius 1 is 1.05 bits per heavy atom. The molecule has 0 saturated heterocycles. The van der Waals surface area contributed by atoms with Gasteiger partial charge in [-0.1, -0.05) is 53.2 Å². The second kappa shape index (κ2) is 5.34. The van der Waals surface area contributed by atoms with Crippen molar-refractivity contribution in [1.82, 2.24) is 0 Å². The van der Waals surface area contributed by atoms with E-state index in [0.717, 1.165) is 10.9 Å². The molecule has 0 radical (unpaired) electrons. The molecule has 0 fully saturated rings. The van der Waals surface area contributed by atoms with Crippen LogP contribution in [0, 0.1) is 0 Å². The Bertz CT molecular complexity index is 634. The average Bonchev–Trinajstić information content (AvgIpc) is 2.77. The Morgan fingerprint density at radius 2 is 1.79 bits per heavy atom. The van der Waals surface area contributed by atoms with E-state index in [4.69, 9.17) is 0 Å². The lowest BCUT2D eigenvalue weighted by atomic mass is 9.92. The normalized spacial score (nSPS) is 18.0. The van der Waals surface area contributed by atoms with Crippen LogP contribution in [0.25, 0.3) is 11.1 Å². The molecule has 0 heterocycles. The first-order chi connectivity index (χ1) is 9.15. The molecule has 2 aromatic carbocycles. The summed E-state index contributed by atoms with van der Waals surface area (Å²) in [5.41, 5.74) is 5.56. The molecule has 1 aliphatic rings. The minimum atomic E-state index is 0.420. The lowest BCUT2D eigenvalue weighted by molar-refractivity contribution is 0.740. The Hall–Kier alpha value is -0.120. The minimum absolute atomic E-state index is 0.420. The van der Waals surface area contributed by atoms with Crippen molar-refractivity contribution in [2.75, 3.05) is 0 Å². The van der Waals surface area contributed by atoms with Crippen LogP contribution in [-0.4, -0.2) is 4.83 Å². The van der Waals surface area contributed by atoms with Crippen LogP contribution in [0.1, 0.15) is 30.4 Å². The van der Waals surface area contributed by atoms with Crippen LogP contribution in [0.2, 0.25) is 0 Å². The van der Waals surface area contributed by atoms with Crippen molar-refractivity contribution in [2.24, 2.45) is 0 Å². The summed E-state index contributed by atoms with van der Waals surface area (Å²) >= 11 is 11.3. The van der Waals surface area contributed by atoms with Crippen molar-refractivity contribution in [3.63, 3.8) is 0 Å². The van der Waals surface area contributed by atoms with Crippen LogP contribution in [-0.2, 0) is 0 Å². The van der Waals surface area contributed by atoms with Gasteiger partial charge in [0.1, 0.15) is 0 Å². The molecule has 0 bridgehead atoms. The fraction of sp³-hybridized carbons (Fsp3) is 0.250. The summed E-state index contributed by atoms with van der Waals surface area (Å²) in [7, 11) is 0. The summed E-state index contributed by atoms with van der Waals surface area (Å²) in [4.78, 5) is 0.459. The Kier molecular flexibility index (Phi) is 3.89. The van der Waals surface area contributed by atoms with E-state index in [1.54, 1.807) is 0 Å². The third-order valence-electron chi connectivity index (χ3n) is 3.78. The van der Waals surface area contributed by atoms with Gasteiger partial charge in [-0.25, -0.2) is 0 Å². The van der Waals surface area contributed by atoms with Gasteiger partial charge < -0.3 is 0 Å². The molecule has 0 aliphatic heterocycles. The second-order valence-corrected chi connectivity index (χ2v) is 7.64. The van der Waals surface area contributed by atoms with Gasteiger partial charge in [0.15, 0.2) is 0 Å². The summed E-state index contributed by atoms with van der Waals surface area (Å²) in [5, 5.41) is 0. The van der Waals surface area contributed by atoms with Crippen LogP contribution in [0.15, 0.2) is 45.3 Å². The highest BCUT2D eigenvalue weighted by atomic mass is 79.9. The van der Waals surface area contributed by atoms with Crippen molar-refractivity contribution < 1.29 is 0 Å². The van der Waals surface area contributed by atoms with Crippen LogP contribution in [0.4, 0.5) is 0 Å². The minimum Gasteiger partial charge on any atom is -0.0880 e. The molecule has 2 aromatic rings. The summed E-state index contributed by atoms with van der Waals surface area (Å²) in [5.74, 6) is 0.420. The summed E-state index contributed by atoms with van der Waals surface area (Å²) < 4.78 is 2.31. The highest BCUT2D eigenvalue weighted by Gasteiger charge is 2.34. The zero-order chi connectivity index (χ0) is 13.6. The first kappa shape index (κ1) is 13.8. The van der Waals surface area contributed by atoms with E-state index >= 15 is 0 Å². The molecular formula is C16H13Br3. The third-order valence-corrected chi connectivity index (χ3v) is 7.00. The molecular weight excluding hydrogens is 432 g/mol. The molecule has 2 atom stereocenters. The van der Waals surface area contributed by atoms with Crippen molar-refractivity contribution in [2.45, 2.75) is 24.1 Å². The molecule has 0 N–H and O–H groups in total. The largest absolute Gasteiger partial charge is 0.0880 e. The maximum absolute atomic E-state index is 3.87. The van der Waals surface area contributed by atoms with E-state index in [1.807, 2.05) is 0 Å². The Labute approximate surface area is 139 Å². The maximum atomic E-state index is 3.87. The average molecular weight is 445 g/mol. The maximum Gasteiger partial charge on any atom is 0.0362 e. The molecule has 0 amide bonds. The number of hydrogen-bond acceptors (Lipinski definition) is 0. The highest BCUT2D eigenvalue weighted by Crippen LogP contribution is 2.52. The van der Waals surface area contributed by atoms with E-state index in [1.165, 1.54) is 26.7 Å². The van der Waals surface area contributed by atoms with Crippen LogP contribution < -0.4 is 0 Å². The summed E-state index contributed by atoms with van der Waals surface area (Å²) in [6.45, 7) is 2.23. The van der Waals surface area contributed by atoms with Gasteiger partial charge >= 0.3 is 0 Å². The van der Waals surface area contributed by atoms with Gasteiger partial charge in [0.25, 0.3) is 0 Å². The first-order valence-corrected chi connectivity index (χ1v) is 8.86. The van der Waals surface area contributed by atoms with Gasteiger partial charge in [0.2, 0.25) is 0 Å². The van der Waals surface area contributed by atoms with Crippen molar-refractivity contribution in [3.8, 4) is 11.1 Å². The molecule has 3 heteroatoms. The van der Waals surface area contributed by atoms with E-state index < -0.39 is 0 Å². The predicted octanol–water partition coefficient (Wildman–Crippen LogP) is 6.50. The van der Waals surface area contributed by atoms with E-state index in [9.17, 15) is 0 Å². The fourth-order valence-corrected chi connectivity index (χ4v) is 4.37. The topological polar surface area (TPSA) is 0 Å². The number of benzene rings is 2. The first-order valence-electron chi connectivity index (χ1n) is 6.36.